The molecular weight excluding hydrogens is 237 g/mol. The molecule has 0 N–H and O–H groups in total. The fourth-order valence-corrected chi connectivity index (χ4v) is 1.68. The Morgan fingerprint density at radius 2 is 1.90 bits per heavy atom. The summed E-state index contributed by atoms with van der Waals surface area (Å²) in [6.07, 6.45) is 2.07. The highest BCUT2D eigenvalue weighted by Gasteiger charge is 1.92. The number of pyridine rings is 1. The van der Waals surface area contributed by atoms with Crippen molar-refractivity contribution in [3.05, 3.63) is 40.2 Å². The van der Waals surface area contributed by atoms with Crippen molar-refractivity contribution in [1.29, 1.82) is 0 Å². The summed E-state index contributed by atoms with van der Waals surface area (Å²) in [4.78, 5) is 0. The molecule has 0 radical (unpaired) electrons. The first-order valence-corrected chi connectivity index (χ1v) is 4.17. The molecule has 0 bridgehead atoms. The van der Waals surface area contributed by atoms with Crippen molar-refractivity contribution >= 4 is 28.1 Å². The van der Waals surface area contributed by atoms with Crippen LogP contribution in [0.15, 0.2) is 36.5 Å². The van der Waals surface area contributed by atoms with E-state index in [2.05, 4.69) is 63.5 Å². The molecule has 2 aromatic heterocycles. The molecule has 0 aromatic carbocycles. The van der Waals surface area contributed by atoms with Gasteiger partial charge in [-0.25, -0.2) is 0 Å². The number of rotatable bonds is 0. The first kappa shape index (κ1) is 6.22. The van der Waals surface area contributed by atoms with Crippen LogP contribution in [0.4, 0.5) is 0 Å². The Morgan fingerprint density at radius 1 is 1.10 bits per heavy atom. The van der Waals surface area contributed by atoms with Crippen molar-refractivity contribution in [2.75, 3.05) is 0 Å². The minimum atomic E-state index is 1.25. The molecule has 1 nitrogen and oxygen atoms in total. The van der Waals surface area contributed by atoms with Crippen molar-refractivity contribution in [2.45, 2.75) is 0 Å². The number of nitrogens with zero attached hydrogens (tertiary/aromatic N) is 1. The Hall–Kier alpha value is -0.510. The molecule has 2 heteroatoms. The molecule has 0 amide bonds. The topological polar surface area (TPSA) is 4.41 Å². The third-order valence-corrected chi connectivity index (χ3v) is 2.39. The van der Waals surface area contributed by atoms with Crippen LogP contribution in [0.25, 0.3) is 5.52 Å². The molecule has 0 unspecified atom stereocenters. The quantitative estimate of drug-likeness (QED) is 0.494. The highest BCUT2D eigenvalue weighted by Crippen LogP contribution is 2.09. The Morgan fingerprint density at radius 3 is 2.70 bits per heavy atom. The van der Waals surface area contributed by atoms with Gasteiger partial charge in [0.1, 0.15) is 0 Å². The van der Waals surface area contributed by atoms with E-state index in [4.69, 9.17) is 0 Å². The summed E-state index contributed by atoms with van der Waals surface area (Å²) < 4.78 is 3.40. The zero-order chi connectivity index (χ0) is 6.97. The summed E-state index contributed by atoms with van der Waals surface area (Å²) in [5.41, 5.74) is 1.26. The largest absolute Gasteiger partial charge is 0.312 e. The predicted octanol–water partition coefficient (Wildman–Crippen LogP) is 2.54. The van der Waals surface area contributed by atoms with Crippen molar-refractivity contribution in [3.8, 4) is 0 Å². The maximum Gasteiger partial charge on any atom is 0.0843 e. The number of halogens is 1. The van der Waals surface area contributed by atoms with Crippen molar-refractivity contribution in [3.63, 3.8) is 0 Å². The molecule has 50 valence electrons. The minimum absolute atomic E-state index is 1.25. The summed E-state index contributed by atoms with van der Waals surface area (Å²) in [5.74, 6) is 0. The van der Waals surface area contributed by atoms with Gasteiger partial charge in [-0.15, -0.1) is 0 Å². The smallest absolute Gasteiger partial charge is 0.0843 e. The summed E-state index contributed by atoms with van der Waals surface area (Å²) in [6.45, 7) is 0. The SMILES string of the molecule is Ic1cccc2cccn12. The number of fused-ring (bicyclic) bond motifs is 1. The lowest BCUT2D eigenvalue weighted by atomic mass is 10.4. The molecule has 0 saturated carbocycles. The maximum absolute atomic E-state index is 2.32. The first-order valence-electron chi connectivity index (χ1n) is 3.09. The normalized spacial score (nSPS) is 10.5. The fourth-order valence-electron chi connectivity index (χ4n) is 1.03. The average Bonchev–Trinajstić information content (AvgIpc) is 2.36. The summed E-state index contributed by atoms with van der Waals surface area (Å²) in [6, 6.07) is 10.4. The highest BCUT2D eigenvalue weighted by molar-refractivity contribution is 14.1. The molecule has 0 saturated heterocycles. The molecular formula is C8H6IN. The standard InChI is InChI=1S/C8H6IN/c9-8-5-1-3-7-4-2-6-10(7)8/h1-6H. The average molecular weight is 243 g/mol. The Bertz CT molecular complexity index is 351. The van der Waals surface area contributed by atoms with Crippen molar-refractivity contribution in [2.24, 2.45) is 0 Å². The molecule has 2 rings (SSSR count). The van der Waals surface area contributed by atoms with Crippen LogP contribution in [0, 0.1) is 3.70 Å². The van der Waals surface area contributed by atoms with E-state index >= 15 is 0 Å². The van der Waals surface area contributed by atoms with Crippen molar-refractivity contribution < 1.29 is 0 Å². The zero-order valence-corrected chi connectivity index (χ0v) is 7.45. The van der Waals surface area contributed by atoms with Gasteiger partial charge in [-0.3, -0.25) is 0 Å². The van der Waals surface area contributed by atoms with Gasteiger partial charge in [-0.2, -0.15) is 0 Å². The lowest BCUT2D eigenvalue weighted by molar-refractivity contribution is 1.15. The lowest BCUT2D eigenvalue weighted by Gasteiger charge is -1.95. The molecule has 2 heterocycles. The molecule has 0 spiro atoms. The monoisotopic (exact) mass is 243 g/mol. The Kier molecular flexibility index (Phi) is 1.41. The van der Waals surface area contributed by atoms with Gasteiger partial charge in [0.15, 0.2) is 0 Å². The molecule has 0 aliphatic carbocycles. The molecule has 0 atom stereocenters. The van der Waals surface area contributed by atoms with E-state index in [1.54, 1.807) is 0 Å². The van der Waals surface area contributed by atoms with Gasteiger partial charge in [0.25, 0.3) is 0 Å². The van der Waals surface area contributed by atoms with E-state index in [1.807, 2.05) is 0 Å². The van der Waals surface area contributed by atoms with E-state index in [0.717, 1.165) is 0 Å². The summed E-state index contributed by atoms with van der Waals surface area (Å²) in [7, 11) is 0. The Balaban J connectivity index is 2.95. The zero-order valence-electron chi connectivity index (χ0n) is 5.29. The first-order chi connectivity index (χ1) is 4.88. The second-order valence-electron chi connectivity index (χ2n) is 2.15. The minimum Gasteiger partial charge on any atom is -0.312 e. The van der Waals surface area contributed by atoms with Crippen LogP contribution in [0.5, 0.6) is 0 Å². The van der Waals surface area contributed by atoms with Gasteiger partial charge in [-0.05, 0) is 46.9 Å². The number of hydrogen-bond donors (Lipinski definition) is 0. The van der Waals surface area contributed by atoms with E-state index in [1.165, 1.54) is 9.22 Å². The van der Waals surface area contributed by atoms with Gasteiger partial charge >= 0.3 is 0 Å². The van der Waals surface area contributed by atoms with Crippen LogP contribution in [0.2, 0.25) is 0 Å². The van der Waals surface area contributed by atoms with Crippen LogP contribution in [-0.4, -0.2) is 4.40 Å². The Labute approximate surface area is 72.8 Å². The summed E-state index contributed by atoms with van der Waals surface area (Å²) >= 11 is 2.32. The summed E-state index contributed by atoms with van der Waals surface area (Å²) in [5, 5.41) is 0. The van der Waals surface area contributed by atoms with E-state index < -0.39 is 0 Å². The third-order valence-electron chi connectivity index (χ3n) is 1.51. The molecule has 2 aromatic rings. The number of hydrogen-bond acceptors (Lipinski definition) is 0. The van der Waals surface area contributed by atoms with Crippen LogP contribution in [-0.2, 0) is 0 Å². The van der Waals surface area contributed by atoms with Crippen molar-refractivity contribution in [1.82, 2.24) is 4.40 Å². The lowest BCUT2D eigenvalue weighted by Crippen LogP contribution is -1.85. The number of aromatic nitrogens is 1. The van der Waals surface area contributed by atoms with Gasteiger partial charge in [-0.1, -0.05) is 6.07 Å². The van der Waals surface area contributed by atoms with Crippen LogP contribution < -0.4 is 0 Å². The molecule has 0 aliphatic heterocycles. The van der Waals surface area contributed by atoms with E-state index in [9.17, 15) is 0 Å². The third kappa shape index (κ3) is 0.831. The molecule has 0 fully saturated rings. The second kappa shape index (κ2) is 2.27. The van der Waals surface area contributed by atoms with Gasteiger partial charge in [0.2, 0.25) is 0 Å². The van der Waals surface area contributed by atoms with Gasteiger partial charge in [0, 0.05) is 11.7 Å². The predicted molar refractivity (Wildman–Crippen MR) is 50.1 cm³/mol. The van der Waals surface area contributed by atoms with Gasteiger partial charge < -0.3 is 4.40 Å². The van der Waals surface area contributed by atoms with E-state index in [-0.39, 0.29) is 0 Å². The van der Waals surface area contributed by atoms with Crippen LogP contribution in [0.1, 0.15) is 0 Å². The highest BCUT2D eigenvalue weighted by atomic mass is 127. The fraction of sp³-hybridized carbons (Fsp3) is 0. The molecule has 0 aliphatic rings. The van der Waals surface area contributed by atoms with Crippen LogP contribution >= 0.6 is 22.6 Å². The second-order valence-corrected chi connectivity index (χ2v) is 3.26. The molecule has 10 heavy (non-hydrogen) atoms. The van der Waals surface area contributed by atoms with E-state index in [0.29, 0.717) is 0 Å². The van der Waals surface area contributed by atoms with Gasteiger partial charge in [0.05, 0.1) is 3.70 Å². The maximum atomic E-state index is 2.32. The van der Waals surface area contributed by atoms with Crippen LogP contribution in [0.3, 0.4) is 0 Å².